The van der Waals surface area contributed by atoms with E-state index in [0.29, 0.717) is 11.5 Å². The average Bonchev–Trinajstić information content (AvgIpc) is 2.47. The molecule has 0 radical (unpaired) electrons. The van der Waals surface area contributed by atoms with Crippen LogP contribution in [0.25, 0.3) is 10.8 Å². The van der Waals surface area contributed by atoms with Crippen molar-refractivity contribution in [3.05, 3.63) is 47.0 Å². The summed E-state index contributed by atoms with van der Waals surface area (Å²) in [6.45, 7) is 2.09. The predicted molar refractivity (Wildman–Crippen MR) is 81.5 cm³/mol. The number of aryl methyl sites for hydroxylation is 1. The molecule has 2 aromatic carbocycles. The monoisotopic (exact) mass is 268 g/mol. The Hall–Kier alpha value is -1.83. The number of fused-ring (bicyclic) bond motifs is 1. The van der Waals surface area contributed by atoms with Gasteiger partial charge < -0.3 is 5.11 Å². The van der Waals surface area contributed by atoms with E-state index in [9.17, 15) is 9.90 Å². The quantitative estimate of drug-likeness (QED) is 0.841. The van der Waals surface area contributed by atoms with Crippen LogP contribution in [0.3, 0.4) is 0 Å². The minimum Gasteiger partial charge on any atom is -0.478 e. The van der Waals surface area contributed by atoms with Crippen LogP contribution in [0.4, 0.5) is 0 Å². The Labute approximate surface area is 119 Å². The Morgan fingerprint density at radius 3 is 2.50 bits per heavy atom. The van der Waals surface area contributed by atoms with E-state index >= 15 is 0 Å². The zero-order valence-corrected chi connectivity index (χ0v) is 11.9. The van der Waals surface area contributed by atoms with E-state index in [1.54, 1.807) is 6.07 Å². The molecule has 0 bridgehead atoms. The van der Waals surface area contributed by atoms with Gasteiger partial charge in [0, 0.05) is 0 Å². The minimum absolute atomic E-state index is 0.403. The number of carbonyl (C=O) groups is 1. The summed E-state index contributed by atoms with van der Waals surface area (Å²) in [6.07, 6.45) is 5.95. The SMILES string of the molecule is Cc1cccc2c(C3CCCCC3)c(C(=O)O)ccc12. The molecular formula is C18H20O2. The third-order valence-electron chi connectivity index (χ3n) is 4.56. The fraction of sp³-hybridized carbons (Fsp3) is 0.389. The van der Waals surface area contributed by atoms with Crippen LogP contribution < -0.4 is 0 Å². The lowest BCUT2D eigenvalue weighted by Gasteiger charge is -2.25. The van der Waals surface area contributed by atoms with Gasteiger partial charge in [-0.2, -0.15) is 0 Å². The summed E-state index contributed by atoms with van der Waals surface area (Å²) in [7, 11) is 0. The molecule has 104 valence electrons. The highest BCUT2D eigenvalue weighted by molar-refractivity contribution is 5.99. The largest absolute Gasteiger partial charge is 0.478 e. The third-order valence-corrected chi connectivity index (χ3v) is 4.56. The first-order chi connectivity index (χ1) is 9.68. The highest BCUT2D eigenvalue weighted by Gasteiger charge is 2.23. The summed E-state index contributed by atoms with van der Waals surface area (Å²) in [5, 5.41) is 11.9. The van der Waals surface area contributed by atoms with Crippen LogP contribution in [0.5, 0.6) is 0 Å². The van der Waals surface area contributed by atoms with Crippen molar-refractivity contribution in [3.8, 4) is 0 Å². The van der Waals surface area contributed by atoms with E-state index in [1.807, 2.05) is 12.1 Å². The van der Waals surface area contributed by atoms with Crippen LogP contribution in [0.1, 0.15) is 59.5 Å². The van der Waals surface area contributed by atoms with Gasteiger partial charge in [0.25, 0.3) is 0 Å². The summed E-state index contributed by atoms with van der Waals surface area (Å²) in [4.78, 5) is 11.6. The van der Waals surface area contributed by atoms with E-state index in [2.05, 4.69) is 19.1 Å². The third kappa shape index (κ3) is 2.20. The number of carboxylic acids is 1. The van der Waals surface area contributed by atoms with Gasteiger partial charge in [0.1, 0.15) is 0 Å². The second kappa shape index (κ2) is 5.28. The van der Waals surface area contributed by atoms with E-state index in [1.165, 1.54) is 30.2 Å². The summed E-state index contributed by atoms with van der Waals surface area (Å²) < 4.78 is 0. The molecule has 2 aromatic rings. The summed E-state index contributed by atoms with van der Waals surface area (Å²) in [5.74, 6) is -0.394. The van der Waals surface area contributed by atoms with Crippen LogP contribution in [0.15, 0.2) is 30.3 Å². The van der Waals surface area contributed by atoms with Gasteiger partial charge in [0.2, 0.25) is 0 Å². The summed E-state index contributed by atoms with van der Waals surface area (Å²) >= 11 is 0. The van der Waals surface area contributed by atoms with Crippen molar-refractivity contribution in [1.82, 2.24) is 0 Å². The number of benzene rings is 2. The molecule has 2 heteroatoms. The molecule has 1 aliphatic rings. The molecule has 1 N–H and O–H groups in total. The topological polar surface area (TPSA) is 37.3 Å². The van der Waals surface area contributed by atoms with Gasteiger partial charge in [-0.1, -0.05) is 43.5 Å². The maximum atomic E-state index is 11.6. The fourth-order valence-corrected chi connectivity index (χ4v) is 3.56. The van der Waals surface area contributed by atoms with Gasteiger partial charge in [0.05, 0.1) is 5.56 Å². The number of carboxylic acid groups (broad SMARTS) is 1. The molecule has 2 nitrogen and oxygen atoms in total. The standard InChI is InChI=1S/C18H20O2/c1-12-6-5-9-15-14(12)10-11-16(18(19)20)17(15)13-7-3-2-4-8-13/h5-6,9-11,13H,2-4,7-8H2,1H3,(H,19,20). The van der Waals surface area contributed by atoms with Gasteiger partial charge in [-0.25, -0.2) is 4.79 Å². The molecule has 0 unspecified atom stereocenters. The van der Waals surface area contributed by atoms with Crippen LogP contribution >= 0.6 is 0 Å². The molecule has 0 spiro atoms. The number of aromatic carboxylic acids is 1. The van der Waals surface area contributed by atoms with Crippen molar-refractivity contribution < 1.29 is 9.90 Å². The zero-order valence-electron chi connectivity index (χ0n) is 11.9. The van der Waals surface area contributed by atoms with Crippen LogP contribution in [-0.4, -0.2) is 11.1 Å². The summed E-state index contributed by atoms with van der Waals surface area (Å²) in [5.41, 5.74) is 2.78. The molecule has 0 aliphatic heterocycles. The summed E-state index contributed by atoms with van der Waals surface area (Å²) in [6, 6.07) is 9.96. The molecule has 0 saturated heterocycles. The zero-order chi connectivity index (χ0) is 14.1. The molecule has 0 heterocycles. The second-order valence-corrected chi connectivity index (χ2v) is 5.84. The van der Waals surface area contributed by atoms with Crippen molar-refractivity contribution in [2.75, 3.05) is 0 Å². The Kier molecular flexibility index (Phi) is 3.47. The lowest BCUT2D eigenvalue weighted by molar-refractivity contribution is 0.0695. The van der Waals surface area contributed by atoms with E-state index in [4.69, 9.17) is 0 Å². The number of hydrogen-bond acceptors (Lipinski definition) is 1. The normalized spacial score (nSPS) is 16.4. The molecule has 3 rings (SSSR count). The van der Waals surface area contributed by atoms with Crippen LogP contribution in [0.2, 0.25) is 0 Å². The van der Waals surface area contributed by atoms with Crippen LogP contribution in [0, 0.1) is 6.92 Å². The lowest BCUT2D eigenvalue weighted by atomic mass is 9.79. The molecule has 0 amide bonds. The van der Waals surface area contributed by atoms with Crippen molar-refractivity contribution in [2.45, 2.75) is 44.9 Å². The van der Waals surface area contributed by atoms with E-state index in [-0.39, 0.29) is 0 Å². The van der Waals surface area contributed by atoms with Gasteiger partial charge in [-0.3, -0.25) is 0 Å². The molecule has 0 aromatic heterocycles. The van der Waals surface area contributed by atoms with E-state index in [0.717, 1.165) is 23.8 Å². The maximum Gasteiger partial charge on any atom is 0.335 e. The highest BCUT2D eigenvalue weighted by Crippen LogP contribution is 2.39. The van der Waals surface area contributed by atoms with Crippen LogP contribution in [-0.2, 0) is 0 Å². The fourth-order valence-electron chi connectivity index (χ4n) is 3.56. The Bertz CT molecular complexity index is 652. The van der Waals surface area contributed by atoms with Gasteiger partial charge in [-0.05, 0) is 53.6 Å². The molecule has 1 saturated carbocycles. The average molecular weight is 268 g/mol. The van der Waals surface area contributed by atoms with Crippen molar-refractivity contribution in [2.24, 2.45) is 0 Å². The first-order valence-electron chi connectivity index (χ1n) is 7.44. The second-order valence-electron chi connectivity index (χ2n) is 5.84. The number of hydrogen-bond donors (Lipinski definition) is 1. The predicted octanol–water partition coefficient (Wildman–Crippen LogP) is 4.89. The number of rotatable bonds is 2. The Balaban J connectivity index is 2.26. The van der Waals surface area contributed by atoms with Crippen molar-refractivity contribution >= 4 is 16.7 Å². The minimum atomic E-state index is -0.797. The maximum absolute atomic E-state index is 11.6. The Morgan fingerprint density at radius 1 is 1.05 bits per heavy atom. The molecule has 20 heavy (non-hydrogen) atoms. The van der Waals surface area contributed by atoms with Gasteiger partial charge in [0.15, 0.2) is 0 Å². The van der Waals surface area contributed by atoms with E-state index < -0.39 is 5.97 Å². The lowest BCUT2D eigenvalue weighted by Crippen LogP contribution is -2.11. The molecule has 1 aliphatic carbocycles. The first kappa shape index (κ1) is 13.2. The Morgan fingerprint density at radius 2 is 1.80 bits per heavy atom. The first-order valence-corrected chi connectivity index (χ1v) is 7.44. The van der Waals surface area contributed by atoms with Crippen molar-refractivity contribution in [3.63, 3.8) is 0 Å². The highest BCUT2D eigenvalue weighted by atomic mass is 16.4. The van der Waals surface area contributed by atoms with Crippen molar-refractivity contribution in [1.29, 1.82) is 0 Å². The molecule has 0 atom stereocenters. The smallest absolute Gasteiger partial charge is 0.335 e. The van der Waals surface area contributed by atoms with Gasteiger partial charge >= 0.3 is 5.97 Å². The van der Waals surface area contributed by atoms with Gasteiger partial charge in [-0.15, -0.1) is 0 Å². The molecule has 1 fully saturated rings. The molecular weight excluding hydrogens is 248 g/mol.